The molecule has 5 nitrogen and oxygen atoms in total. The van der Waals surface area contributed by atoms with E-state index in [0.29, 0.717) is 11.7 Å². The van der Waals surface area contributed by atoms with Gasteiger partial charge in [-0.2, -0.15) is 0 Å². The molecule has 2 aliphatic heterocycles. The number of aryl methyl sites for hydroxylation is 1. The lowest BCUT2D eigenvalue weighted by Crippen LogP contribution is -2.72. The summed E-state index contributed by atoms with van der Waals surface area (Å²) in [6.07, 6.45) is 2.28. The third-order valence-corrected chi connectivity index (χ3v) is 6.20. The summed E-state index contributed by atoms with van der Waals surface area (Å²) in [5.41, 5.74) is 1.84. The Kier molecular flexibility index (Phi) is 4.53. The van der Waals surface area contributed by atoms with Crippen LogP contribution in [0.3, 0.4) is 0 Å². The molecular formula is C21H28N2O3. The summed E-state index contributed by atoms with van der Waals surface area (Å²) < 4.78 is 11.5. The first-order valence-electron chi connectivity index (χ1n) is 9.60. The Bertz CT molecular complexity index is 805. The van der Waals surface area contributed by atoms with Crippen molar-refractivity contribution in [3.05, 3.63) is 35.6 Å². The number of fused-ring (bicyclic) bond motifs is 1. The first-order valence-corrected chi connectivity index (χ1v) is 9.60. The molecule has 140 valence electrons. The number of nitrogens with zero attached hydrogens (tertiary/aromatic N) is 2. The highest BCUT2D eigenvalue weighted by Gasteiger charge is 2.51. The quantitative estimate of drug-likeness (QED) is 0.843. The van der Waals surface area contributed by atoms with Gasteiger partial charge in [0, 0.05) is 37.3 Å². The Balaban J connectivity index is 1.47. The molecule has 1 aromatic heterocycles. The van der Waals surface area contributed by atoms with Gasteiger partial charge in [-0.15, -0.1) is 0 Å². The second kappa shape index (κ2) is 6.71. The third-order valence-electron chi connectivity index (χ3n) is 6.20. The van der Waals surface area contributed by atoms with Crippen molar-refractivity contribution >= 4 is 16.9 Å². The number of furan rings is 1. The van der Waals surface area contributed by atoms with Crippen molar-refractivity contribution < 1.29 is 13.9 Å². The van der Waals surface area contributed by atoms with Crippen molar-refractivity contribution in [3.63, 3.8) is 0 Å². The van der Waals surface area contributed by atoms with Crippen LogP contribution in [0, 0.1) is 12.8 Å². The predicted molar refractivity (Wildman–Crippen MR) is 101 cm³/mol. The Morgan fingerprint density at radius 2 is 2.12 bits per heavy atom. The van der Waals surface area contributed by atoms with Crippen LogP contribution < -0.4 is 0 Å². The van der Waals surface area contributed by atoms with Gasteiger partial charge in [-0.05, 0) is 52.3 Å². The van der Waals surface area contributed by atoms with E-state index in [1.54, 1.807) is 0 Å². The molecule has 3 heterocycles. The van der Waals surface area contributed by atoms with Crippen LogP contribution >= 0.6 is 0 Å². The maximum absolute atomic E-state index is 13.0. The summed E-state index contributed by atoms with van der Waals surface area (Å²) in [7, 11) is 2.19. The molecule has 0 radical (unpaired) electrons. The Morgan fingerprint density at radius 1 is 1.35 bits per heavy atom. The highest BCUT2D eigenvalue weighted by atomic mass is 16.5. The molecule has 0 saturated carbocycles. The molecule has 5 heteroatoms. The fraction of sp³-hybridized carbons (Fsp3) is 0.571. The van der Waals surface area contributed by atoms with Gasteiger partial charge in [0.1, 0.15) is 5.58 Å². The summed E-state index contributed by atoms with van der Waals surface area (Å²) >= 11 is 0. The monoisotopic (exact) mass is 356 g/mol. The average Bonchev–Trinajstić information content (AvgIpc) is 2.96. The number of benzene rings is 1. The number of carbonyl (C=O) groups is 1. The van der Waals surface area contributed by atoms with Gasteiger partial charge in [0.2, 0.25) is 0 Å². The van der Waals surface area contributed by atoms with E-state index in [4.69, 9.17) is 9.15 Å². The van der Waals surface area contributed by atoms with Crippen LogP contribution in [0.5, 0.6) is 0 Å². The summed E-state index contributed by atoms with van der Waals surface area (Å²) in [5, 5.41) is 1.03. The molecule has 1 amide bonds. The van der Waals surface area contributed by atoms with Gasteiger partial charge < -0.3 is 14.1 Å². The zero-order chi connectivity index (χ0) is 18.3. The minimum absolute atomic E-state index is 0.0182. The maximum Gasteiger partial charge on any atom is 0.290 e. The Morgan fingerprint density at radius 3 is 2.85 bits per heavy atom. The third kappa shape index (κ3) is 2.83. The second-order valence-electron chi connectivity index (χ2n) is 7.88. The highest BCUT2D eigenvalue weighted by Crippen LogP contribution is 2.39. The predicted octanol–water partition coefficient (Wildman–Crippen LogP) is 3.31. The molecule has 0 bridgehead atoms. The van der Waals surface area contributed by atoms with Crippen molar-refractivity contribution in [3.8, 4) is 0 Å². The topological polar surface area (TPSA) is 45.9 Å². The standard InChI is InChI=1S/C21H28N2O3/c1-4-25-12-16-9-10-22(3)21(11-16)13-23(14-21)20(24)19-15(2)17-7-5-6-8-18(17)26-19/h5-8,16H,4,9-14H2,1-3H3/t16-/m0/s1. The maximum atomic E-state index is 13.0. The van der Waals surface area contributed by atoms with Crippen LogP contribution in [0.4, 0.5) is 0 Å². The van der Waals surface area contributed by atoms with E-state index in [9.17, 15) is 4.79 Å². The summed E-state index contributed by atoms with van der Waals surface area (Å²) in [6, 6.07) is 7.85. The number of para-hydroxylation sites is 1. The lowest BCUT2D eigenvalue weighted by atomic mass is 9.75. The number of rotatable bonds is 4. The van der Waals surface area contributed by atoms with E-state index in [2.05, 4.69) is 11.9 Å². The van der Waals surface area contributed by atoms with Gasteiger partial charge in [0.25, 0.3) is 5.91 Å². The van der Waals surface area contributed by atoms with E-state index in [-0.39, 0.29) is 11.4 Å². The largest absolute Gasteiger partial charge is 0.451 e. The average molecular weight is 356 g/mol. The normalized spacial score (nSPS) is 22.7. The van der Waals surface area contributed by atoms with Gasteiger partial charge in [-0.1, -0.05) is 18.2 Å². The van der Waals surface area contributed by atoms with Crippen molar-refractivity contribution in [2.45, 2.75) is 32.2 Å². The number of likely N-dealkylation sites (tertiary alicyclic amines) is 2. The van der Waals surface area contributed by atoms with E-state index in [1.807, 2.05) is 43.0 Å². The van der Waals surface area contributed by atoms with Crippen molar-refractivity contribution in [1.29, 1.82) is 0 Å². The Hall–Kier alpha value is -1.85. The number of hydrogen-bond donors (Lipinski definition) is 0. The lowest BCUT2D eigenvalue weighted by molar-refractivity contribution is -0.0758. The molecule has 0 aliphatic carbocycles. The van der Waals surface area contributed by atoms with Crippen molar-refractivity contribution in [1.82, 2.24) is 9.80 Å². The molecule has 26 heavy (non-hydrogen) atoms. The first-order chi connectivity index (χ1) is 12.5. The van der Waals surface area contributed by atoms with Gasteiger partial charge in [-0.3, -0.25) is 9.69 Å². The number of amides is 1. The van der Waals surface area contributed by atoms with E-state index < -0.39 is 0 Å². The molecule has 1 spiro atoms. The van der Waals surface area contributed by atoms with Crippen LogP contribution in [0.1, 0.15) is 35.9 Å². The van der Waals surface area contributed by atoms with Gasteiger partial charge in [-0.25, -0.2) is 0 Å². The molecule has 4 rings (SSSR count). The zero-order valence-electron chi connectivity index (χ0n) is 16.0. The van der Waals surface area contributed by atoms with E-state index in [0.717, 1.165) is 55.8 Å². The molecule has 0 N–H and O–H groups in total. The Labute approximate surface area is 154 Å². The summed E-state index contributed by atoms with van der Waals surface area (Å²) in [6.45, 7) is 8.26. The fourth-order valence-corrected chi connectivity index (χ4v) is 4.54. The smallest absolute Gasteiger partial charge is 0.290 e. The number of piperidine rings is 1. The number of ether oxygens (including phenoxy) is 1. The highest BCUT2D eigenvalue weighted by molar-refractivity contribution is 5.99. The molecule has 2 fully saturated rings. The molecule has 0 unspecified atom stereocenters. The molecule has 1 atom stereocenters. The molecule has 2 saturated heterocycles. The van der Waals surface area contributed by atoms with E-state index >= 15 is 0 Å². The van der Waals surface area contributed by atoms with Crippen LogP contribution in [-0.4, -0.2) is 61.1 Å². The summed E-state index contributed by atoms with van der Waals surface area (Å²) in [5.74, 6) is 1.10. The van der Waals surface area contributed by atoms with Crippen LogP contribution in [0.15, 0.2) is 28.7 Å². The van der Waals surface area contributed by atoms with Gasteiger partial charge >= 0.3 is 0 Å². The van der Waals surface area contributed by atoms with Crippen LogP contribution in [0.25, 0.3) is 11.0 Å². The SMILES string of the molecule is CCOC[C@H]1CCN(C)C2(C1)CN(C(=O)c1oc3ccccc3c1C)C2. The first kappa shape index (κ1) is 17.6. The number of likely N-dealkylation sites (N-methyl/N-ethyl adjacent to an activating group) is 1. The van der Waals surface area contributed by atoms with E-state index in [1.165, 1.54) is 6.42 Å². The minimum atomic E-state index is 0.0182. The molecule has 2 aromatic rings. The van der Waals surface area contributed by atoms with Gasteiger partial charge in [0.15, 0.2) is 5.76 Å². The van der Waals surface area contributed by atoms with Crippen LogP contribution in [0.2, 0.25) is 0 Å². The zero-order valence-corrected chi connectivity index (χ0v) is 16.0. The second-order valence-corrected chi connectivity index (χ2v) is 7.88. The van der Waals surface area contributed by atoms with Crippen molar-refractivity contribution in [2.75, 3.05) is 39.9 Å². The van der Waals surface area contributed by atoms with Gasteiger partial charge in [0.05, 0.1) is 5.54 Å². The van der Waals surface area contributed by atoms with Crippen LogP contribution in [-0.2, 0) is 4.74 Å². The number of hydrogen-bond acceptors (Lipinski definition) is 4. The summed E-state index contributed by atoms with van der Waals surface area (Å²) in [4.78, 5) is 17.4. The minimum Gasteiger partial charge on any atom is -0.451 e. The lowest BCUT2D eigenvalue weighted by Gasteiger charge is -2.58. The molecular weight excluding hydrogens is 328 g/mol. The van der Waals surface area contributed by atoms with Crippen molar-refractivity contribution in [2.24, 2.45) is 5.92 Å². The molecule has 1 aromatic carbocycles. The fourth-order valence-electron chi connectivity index (χ4n) is 4.54. The number of carbonyl (C=O) groups excluding carboxylic acids is 1. The molecule has 2 aliphatic rings.